The molecule has 2 aliphatic heterocycles. The number of amides is 2. The quantitative estimate of drug-likeness (QED) is 0.747. The maximum absolute atomic E-state index is 12.2. The van der Waals surface area contributed by atoms with E-state index in [4.69, 9.17) is 18.9 Å². The third-order valence-corrected chi connectivity index (χ3v) is 4.68. The van der Waals surface area contributed by atoms with Gasteiger partial charge in [-0.1, -0.05) is 12.1 Å². The molecule has 2 heterocycles. The minimum Gasteiger partial charge on any atom is -0.491 e. The molecule has 29 heavy (non-hydrogen) atoms. The van der Waals surface area contributed by atoms with Gasteiger partial charge in [-0.05, 0) is 49.2 Å². The van der Waals surface area contributed by atoms with Crippen molar-refractivity contribution < 1.29 is 28.5 Å². The second-order valence-corrected chi connectivity index (χ2v) is 6.78. The molecule has 2 amide bonds. The molecule has 1 fully saturated rings. The number of hydrogen-bond acceptors (Lipinski definition) is 6. The van der Waals surface area contributed by atoms with E-state index in [0.29, 0.717) is 29.4 Å². The predicted octanol–water partition coefficient (Wildman–Crippen LogP) is 1.85. The molecule has 0 bridgehead atoms. The van der Waals surface area contributed by atoms with Crippen LogP contribution < -0.4 is 25.1 Å². The lowest BCUT2D eigenvalue weighted by Crippen LogP contribution is -2.50. The van der Waals surface area contributed by atoms with Crippen LogP contribution >= 0.6 is 0 Å². The molecule has 152 valence electrons. The average molecular weight is 398 g/mol. The Hall–Kier alpha value is -3.26. The Morgan fingerprint density at radius 1 is 1.03 bits per heavy atom. The Morgan fingerprint density at radius 3 is 2.59 bits per heavy atom. The molecule has 1 saturated heterocycles. The molecule has 8 nitrogen and oxygen atoms in total. The van der Waals surface area contributed by atoms with E-state index in [-0.39, 0.29) is 12.7 Å². The molecule has 2 aromatic rings. The lowest BCUT2D eigenvalue weighted by atomic mass is 10.2. The molecule has 0 aliphatic carbocycles. The Morgan fingerprint density at radius 2 is 1.83 bits per heavy atom. The van der Waals surface area contributed by atoms with E-state index in [1.54, 1.807) is 42.5 Å². The highest BCUT2D eigenvalue weighted by Crippen LogP contribution is 2.30. The van der Waals surface area contributed by atoms with E-state index < -0.39 is 17.9 Å². The average Bonchev–Trinajstić information content (AvgIpc) is 3.29. The van der Waals surface area contributed by atoms with Gasteiger partial charge in [0.1, 0.15) is 19.0 Å². The molecule has 0 aromatic heterocycles. The summed E-state index contributed by atoms with van der Waals surface area (Å²) in [4.78, 5) is 24.5. The van der Waals surface area contributed by atoms with Crippen molar-refractivity contribution in [3.63, 3.8) is 0 Å². The van der Waals surface area contributed by atoms with Gasteiger partial charge in [0.2, 0.25) is 6.10 Å². The van der Waals surface area contributed by atoms with Crippen LogP contribution in [0.25, 0.3) is 0 Å². The van der Waals surface area contributed by atoms with Gasteiger partial charge in [0, 0.05) is 12.2 Å². The highest BCUT2D eigenvalue weighted by Gasteiger charge is 2.27. The summed E-state index contributed by atoms with van der Waals surface area (Å²) in [5.41, 5.74) is 5.14. The van der Waals surface area contributed by atoms with Crippen LogP contribution in [-0.4, -0.2) is 43.8 Å². The number of rotatable bonds is 5. The predicted molar refractivity (Wildman–Crippen MR) is 103 cm³/mol. The third-order valence-electron chi connectivity index (χ3n) is 4.68. The van der Waals surface area contributed by atoms with Gasteiger partial charge in [-0.3, -0.25) is 20.4 Å². The Kier molecular flexibility index (Phi) is 5.81. The van der Waals surface area contributed by atoms with Crippen molar-refractivity contribution in [2.75, 3.05) is 19.8 Å². The van der Waals surface area contributed by atoms with Crippen molar-refractivity contribution >= 4 is 11.8 Å². The minimum absolute atomic E-state index is 0.0649. The number of fused-ring (bicyclic) bond motifs is 1. The number of para-hydroxylation sites is 2. The van der Waals surface area contributed by atoms with E-state index in [2.05, 4.69) is 10.9 Å². The summed E-state index contributed by atoms with van der Waals surface area (Å²) in [5, 5.41) is 0. The standard InChI is InChI=1S/C21H22N2O6/c24-20(14-7-9-15(10-8-14)27-12-16-4-3-11-26-16)22-23-21(25)19-13-28-17-5-1-2-6-18(17)29-19/h1-2,5-10,16,19H,3-4,11-13H2,(H,22,24)(H,23,25). The minimum atomic E-state index is -0.848. The Labute approximate surface area is 168 Å². The largest absolute Gasteiger partial charge is 0.491 e. The van der Waals surface area contributed by atoms with Crippen LogP contribution in [0.2, 0.25) is 0 Å². The fourth-order valence-corrected chi connectivity index (χ4v) is 3.09. The molecule has 8 heteroatoms. The van der Waals surface area contributed by atoms with E-state index in [0.717, 1.165) is 19.4 Å². The number of benzene rings is 2. The fraction of sp³-hybridized carbons (Fsp3) is 0.333. The van der Waals surface area contributed by atoms with E-state index >= 15 is 0 Å². The highest BCUT2D eigenvalue weighted by atomic mass is 16.6. The third kappa shape index (κ3) is 4.78. The zero-order valence-electron chi connectivity index (χ0n) is 15.8. The summed E-state index contributed by atoms with van der Waals surface area (Å²) >= 11 is 0. The van der Waals surface area contributed by atoms with Gasteiger partial charge in [0.15, 0.2) is 11.5 Å². The summed E-state index contributed by atoms with van der Waals surface area (Å²) < 4.78 is 22.3. The Bertz CT molecular complexity index is 864. The number of nitrogens with one attached hydrogen (secondary N) is 2. The first-order valence-electron chi connectivity index (χ1n) is 9.52. The summed E-state index contributed by atoms with van der Waals surface area (Å²) in [6.07, 6.45) is 1.34. The summed E-state index contributed by atoms with van der Waals surface area (Å²) in [6, 6.07) is 13.8. The molecule has 2 unspecified atom stereocenters. The Balaban J connectivity index is 1.24. The second-order valence-electron chi connectivity index (χ2n) is 6.78. The normalized spacial score (nSPS) is 20.0. The van der Waals surface area contributed by atoms with Gasteiger partial charge in [0.25, 0.3) is 11.8 Å². The van der Waals surface area contributed by atoms with Crippen molar-refractivity contribution in [1.29, 1.82) is 0 Å². The maximum Gasteiger partial charge on any atom is 0.283 e. The number of ether oxygens (including phenoxy) is 4. The zero-order chi connectivity index (χ0) is 20.1. The lowest BCUT2D eigenvalue weighted by molar-refractivity contribution is -0.131. The van der Waals surface area contributed by atoms with E-state index in [1.807, 2.05) is 6.07 Å². The first kappa shape index (κ1) is 19.1. The van der Waals surface area contributed by atoms with Crippen LogP contribution in [0.15, 0.2) is 48.5 Å². The summed E-state index contributed by atoms with van der Waals surface area (Å²) in [6.45, 7) is 1.34. The molecule has 2 aliphatic rings. The van der Waals surface area contributed by atoms with Gasteiger partial charge in [-0.15, -0.1) is 0 Å². The summed E-state index contributed by atoms with van der Waals surface area (Å²) in [5.74, 6) is 0.796. The molecular formula is C21H22N2O6. The van der Waals surface area contributed by atoms with Gasteiger partial charge >= 0.3 is 0 Å². The van der Waals surface area contributed by atoms with Gasteiger partial charge in [-0.25, -0.2) is 0 Å². The van der Waals surface area contributed by atoms with Crippen LogP contribution in [0, 0.1) is 0 Å². The number of hydrogen-bond donors (Lipinski definition) is 2. The van der Waals surface area contributed by atoms with Crippen LogP contribution in [0.4, 0.5) is 0 Å². The second kappa shape index (κ2) is 8.83. The molecule has 2 N–H and O–H groups in total. The SMILES string of the molecule is O=C(NNC(=O)C1COc2ccccc2O1)c1ccc(OCC2CCCO2)cc1. The zero-order valence-corrected chi connectivity index (χ0v) is 15.8. The van der Waals surface area contributed by atoms with Crippen molar-refractivity contribution in [3.8, 4) is 17.2 Å². The number of carbonyl (C=O) groups is 2. The topological polar surface area (TPSA) is 95.1 Å². The molecule has 0 radical (unpaired) electrons. The lowest BCUT2D eigenvalue weighted by Gasteiger charge is -2.25. The van der Waals surface area contributed by atoms with Crippen LogP contribution in [0.3, 0.4) is 0 Å². The van der Waals surface area contributed by atoms with Crippen LogP contribution in [0.1, 0.15) is 23.2 Å². The van der Waals surface area contributed by atoms with E-state index in [9.17, 15) is 9.59 Å². The maximum atomic E-state index is 12.2. The molecule has 0 spiro atoms. The monoisotopic (exact) mass is 398 g/mol. The van der Waals surface area contributed by atoms with Gasteiger partial charge in [0.05, 0.1) is 6.10 Å². The number of hydrazine groups is 1. The molecule has 2 atom stereocenters. The highest BCUT2D eigenvalue weighted by molar-refractivity contribution is 5.95. The summed E-state index contributed by atoms with van der Waals surface area (Å²) in [7, 11) is 0. The van der Waals surface area contributed by atoms with Crippen LogP contribution in [0.5, 0.6) is 17.2 Å². The van der Waals surface area contributed by atoms with Crippen molar-refractivity contribution in [2.45, 2.75) is 25.0 Å². The van der Waals surface area contributed by atoms with Crippen molar-refractivity contribution in [3.05, 3.63) is 54.1 Å². The molecule has 4 rings (SSSR count). The number of carbonyl (C=O) groups excluding carboxylic acids is 2. The van der Waals surface area contributed by atoms with Gasteiger partial charge in [-0.2, -0.15) is 0 Å². The van der Waals surface area contributed by atoms with Gasteiger partial charge < -0.3 is 18.9 Å². The first-order chi connectivity index (χ1) is 14.2. The van der Waals surface area contributed by atoms with E-state index in [1.165, 1.54) is 0 Å². The molecule has 2 aromatic carbocycles. The van der Waals surface area contributed by atoms with Crippen molar-refractivity contribution in [2.24, 2.45) is 0 Å². The van der Waals surface area contributed by atoms with Crippen LogP contribution in [-0.2, 0) is 9.53 Å². The van der Waals surface area contributed by atoms with Crippen molar-refractivity contribution in [1.82, 2.24) is 10.9 Å². The first-order valence-corrected chi connectivity index (χ1v) is 9.52. The smallest absolute Gasteiger partial charge is 0.283 e. The fourth-order valence-electron chi connectivity index (χ4n) is 3.09. The molecular weight excluding hydrogens is 376 g/mol. The molecule has 0 saturated carbocycles.